The van der Waals surface area contributed by atoms with Crippen LogP contribution in [0, 0.1) is 0 Å². The Morgan fingerprint density at radius 1 is 1.38 bits per heavy atom. The first-order valence-electron chi connectivity index (χ1n) is 7.75. The van der Waals surface area contributed by atoms with Crippen LogP contribution in [0.1, 0.15) is 18.2 Å². The lowest BCUT2D eigenvalue weighted by Gasteiger charge is -2.19. The van der Waals surface area contributed by atoms with Crippen LogP contribution in [0.25, 0.3) is 0 Å². The van der Waals surface area contributed by atoms with Gasteiger partial charge in [-0.25, -0.2) is 15.3 Å². The molecule has 2 aromatic rings. The maximum Gasteiger partial charge on any atom is 0.321 e. The first-order valence-corrected chi connectivity index (χ1v) is 9.39. The van der Waals surface area contributed by atoms with E-state index in [-0.39, 0.29) is 10.7 Å². The monoisotopic (exact) mass is 414 g/mol. The summed E-state index contributed by atoms with van der Waals surface area (Å²) in [5.74, 6) is 0. The number of carbonyl (C=O) groups is 1. The number of nitrogens with zero attached hydrogens (tertiary/aromatic N) is 2. The number of hydrogen-bond donors (Lipinski definition) is 3. The molecule has 1 aliphatic heterocycles. The Labute approximate surface area is 165 Å². The Morgan fingerprint density at radius 2 is 2.19 bits per heavy atom. The highest BCUT2D eigenvalue weighted by molar-refractivity contribution is 7.13. The van der Waals surface area contributed by atoms with Crippen molar-refractivity contribution in [2.75, 3.05) is 12.4 Å². The van der Waals surface area contributed by atoms with Crippen LogP contribution in [0.2, 0.25) is 10.0 Å². The molecule has 1 atom stereocenters. The van der Waals surface area contributed by atoms with Gasteiger partial charge in [0.2, 0.25) is 0 Å². The third-order valence-electron chi connectivity index (χ3n) is 3.57. The van der Waals surface area contributed by atoms with E-state index in [0.29, 0.717) is 28.3 Å². The van der Waals surface area contributed by atoms with Gasteiger partial charge in [-0.2, -0.15) is 0 Å². The highest BCUT2D eigenvalue weighted by Crippen LogP contribution is 2.23. The van der Waals surface area contributed by atoms with E-state index in [4.69, 9.17) is 28.1 Å². The van der Waals surface area contributed by atoms with Crippen LogP contribution in [0.15, 0.2) is 35.5 Å². The summed E-state index contributed by atoms with van der Waals surface area (Å²) >= 11 is 13.2. The van der Waals surface area contributed by atoms with Crippen molar-refractivity contribution in [3.05, 3.63) is 56.8 Å². The van der Waals surface area contributed by atoms with E-state index in [1.807, 2.05) is 25.6 Å². The number of rotatable bonds is 5. The first-order chi connectivity index (χ1) is 12.3. The van der Waals surface area contributed by atoms with Crippen molar-refractivity contribution in [2.45, 2.75) is 20.0 Å². The molecule has 0 radical (unpaired) electrons. The van der Waals surface area contributed by atoms with E-state index in [9.17, 15) is 4.79 Å². The van der Waals surface area contributed by atoms with Crippen molar-refractivity contribution in [1.82, 2.24) is 15.8 Å². The summed E-state index contributed by atoms with van der Waals surface area (Å²) in [6, 6.07) is 4.88. The molecule has 0 spiro atoms. The van der Waals surface area contributed by atoms with Crippen molar-refractivity contribution < 1.29 is 14.4 Å². The second kappa shape index (κ2) is 7.81. The van der Waals surface area contributed by atoms with Gasteiger partial charge in [-0.15, -0.1) is 16.0 Å². The Kier molecular flexibility index (Phi) is 5.69. The predicted octanol–water partition coefficient (Wildman–Crippen LogP) is 4.03. The third-order valence-corrected chi connectivity index (χ3v) is 5.11. The van der Waals surface area contributed by atoms with Gasteiger partial charge in [-0.1, -0.05) is 34.2 Å². The van der Waals surface area contributed by atoms with E-state index in [2.05, 4.69) is 21.1 Å². The number of amides is 2. The van der Waals surface area contributed by atoms with Gasteiger partial charge in [0.15, 0.2) is 17.9 Å². The normalized spacial score (nSPS) is 19.0. The largest absolute Gasteiger partial charge is 0.334 e. The number of benzene rings is 1. The summed E-state index contributed by atoms with van der Waals surface area (Å²) in [7, 11) is 1.92. The van der Waals surface area contributed by atoms with Crippen LogP contribution in [-0.2, 0) is 18.0 Å². The van der Waals surface area contributed by atoms with Crippen molar-refractivity contribution >= 4 is 45.7 Å². The molecule has 0 aliphatic carbocycles. The lowest BCUT2D eigenvalue weighted by molar-refractivity contribution is -1.06. The number of nitrogens with one attached hydrogen (secondary N) is 3. The molecular formula is C16H18Cl2N5O2S+. The lowest BCUT2D eigenvalue weighted by atomic mass is 10.2. The van der Waals surface area contributed by atoms with Gasteiger partial charge < -0.3 is 5.32 Å². The lowest BCUT2D eigenvalue weighted by Crippen LogP contribution is -2.36. The highest BCUT2D eigenvalue weighted by Gasteiger charge is 2.30. The predicted molar refractivity (Wildman–Crippen MR) is 102 cm³/mol. The maximum absolute atomic E-state index is 12.0. The quantitative estimate of drug-likeness (QED) is 0.645. The number of urea groups is 1. The minimum absolute atomic E-state index is 0.249. The van der Waals surface area contributed by atoms with Gasteiger partial charge in [-0.05, 0) is 24.6 Å². The summed E-state index contributed by atoms with van der Waals surface area (Å²) in [6.45, 7) is 2.81. The number of thiazole rings is 1. The molecule has 1 aromatic carbocycles. The second-order valence-corrected chi connectivity index (χ2v) is 7.71. The molecule has 0 bridgehead atoms. The SMILES string of the molecule is CC1=C[N+](C)(Cc2csc(NC(=O)NCc3ccc(Cl)c(Cl)c3)n2)ON1. The number of aromatic nitrogens is 1. The molecule has 1 aromatic heterocycles. The molecule has 0 saturated carbocycles. The average Bonchev–Trinajstić information content (AvgIpc) is 3.14. The van der Waals surface area contributed by atoms with Crippen LogP contribution < -0.4 is 16.1 Å². The fraction of sp³-hybridized carbons (Fsp3) is 0.250. The zero-order valence-electron chi connectivity index (χ0n) is 14.2. The molecule has 138 valence electrons. The Balaban J connectivity index is 1.52. The molecule has 2 heterocycles. The molecule has 26 heavy (non-hydrogen) atoms. The number of hydrogen-bond acceptors (Lipinski definition) is 5. The van der Waals surface area contributed by atoms with Crippen LogP contribution in [-0.4, -0.2) is 22.7 Å². The Bertz CT molecular complexity index is 857. The van der Waals surface area contributed by atoms with Crippen molar-refractivity contribution in [3.8, 4) is 0 Å². The van der Waals surface area contributed by atoms with Crippen molar-refractivity contribution in [1.29, 1.82) is 0 Å². The molecular weight excluding hydrogens is 397 g/mol. The first kappa shape index (κ1) is 18.9. The number of halogens is 2. The molecule has 7 nitrogen and oxygen atoms in total. The molecule has 0 saturated heterocycles. The smallest absolute Gasteiger partial charge is 0.321 e. The number of allylic oxidation sites excluding steroid dienone is 1. The number of anilines is 1. The highest BCUT2D eigenvalue weighted by atomic mass is 35.5. The summed E-state index contributed by atoms with van der Waals surface area (Å²) in [5, 5.41) is 8.83. The zero-order chi connectivity index (χ0) is 18.7. The molecule has 2 amide bonds. The van der Waals surface area contributed by atoms with Crippen LogP contribution in [0.3, 0.4) is 0 Å². The molecule has 3 rings (SSSR count). The minimum atomic E-state index is -0.341. The minimum Gasteiger partial charge on any atom is -0.334 e. The molecule has 0 fully saturated rings. The summed E-state index contributed by atoms with van der Waals surface area (Å²) in [4.78, 5) is 21.9. The maximum atomic E-state index is 12.0. The fourth-order valence-electron chi connectivity index (χ4n) is 2.45. The van der Waals surface area contributed by atoms with Crippen molar-refractivity contribution in [3.63, 3.8) is 0 Å². The van der Waals surface area contributed by atoms with E-state index >= 15 is 0 Å². The van der Waals surface area contributed by atoms with E-state index in [1.165, 1.54) is 11.3 Å². The zero-order valence-corrected chi connectivity index (χ0v) is 16.5. The number of quaternary nitrogens is 1. The number of hydroxylamine groups is 4. The van der Waals surface area contributed by atoms with E-state index in [0.717, 1.165) is 17.0 Å². The molecule has 1 aliphatic rings. The van der Waals surface area contributed by atoms with Gasteiger partial charge in [0.1, 0.15) is 12.7 Å². The van der Waals surface area contributed by atoms with Crippen molar-refractivity contribution in [2.24, 2.45) is 0 Å². The third kappa shape index (κ3) is 4.87. The van der Waals surface area contributed by atoms with E-state index < -0.39 is 0 Å². The topological polar surface area (TPSA) is 75.3 Å². The van der Waals surface area contributed by atoms with Gasteiger partial charge in [-0.3, -0.25) is 5.32 Å². The average molecular weight is 415 g/mol. The van der Waals surface area contributed by atoms with Crippen LogP contribution in [0.5, 0.6) is 0 Å². The second-order valence-electron chi connectivity index (χ2n) is 6.04. The van der Waals surface area contributed by atoms with Crippen LogP contribution in [0.4, 0.5) is 9.93 Å². The van der Waals surface area contributed by atoms with Gasteiger partial charge in [0.05, 0.1) is 15.7 Å². The summed E-state index contributed by atoms with van der Waals surface area (Å²) < 4.78 is 0.249. The standard InChI is InChI=1S/C16H17Cl2N5O2S/c1-10-7-23(2,25-22-10)8-12-9-26-16(20-12)21-15(24)19-6-11-3-4-13(17)14(18)5-11/h3-5,7,9,22H,6,8H2,1-2H3,(H-,19,20,21,24)/p+1. The van der Waals surface area contributed by atoms with Crippen LogP contribution >= 0.6 is 34.5 Å². The fourth-order valence-corrected chi connectivity index (χ4v) is 3.47. The summed E-state index contributed by atoms with van der Waals surface area (Å²) in [6.07, 6.45) is 1.95. The van der Waals surface area contributed by atoms with Gasteiger partial charge >= 0.3 is 6.03 Å². The molecule has 1 unspecified atom stereocenters. The molecule has 10 heteroatoms. The summed E-state index contributed by atoms with van der Waals surface area (Å²) in [5.41, 5.74) is 5.45. The van der Waals surface area contributed by atoms with Gasteiger partial charge in [0.25, 0.3) is 0 Å². The van der Waals surface area contributed by atoms with Gasteiger partial charge in [0, 0.05) is 11.9 Å². The Hall–Kier alpha value is -1.84. The Morgan fingerprint density at radius 3 is 2.88 bits per heavy atom. The molecule has 3 N–H and O–H groups in total. The number of carbonyl (C=O) groups excluding carboxylic acids is 1. The van der Waals surface area contributed by atoms with E-state index in [1.54, 1.807) is 18.2 Å².